The van der Waals surface area contributed by atoms with Crippen LogP contribution in [0.5, 0.6) is 5.75 Å². The summed E-state index contributed by atoms with van der Waals surface area (Å²) in [5.41, 5.74) is 2.14. The molecule has 1 aromatic carbocycles. The van der Waals surface area contributed by atoms with Crippen LogP contribution in [0, 0.1) is 0 Å². The van der Waals surface area contributed by atoms with E-state index in [4.69, 9.17) is 4.74 Å². The summed E-state index contributed by atoms with van der Waals surface area (Å²) in [7, 11) is 7.19. The Morgan fingerprint density at radius 2 is 1.83 bits per heavy atom. The Labute approximate surface area is 115 Å². The van der Waals surface area contributed by atoms with Crippen LogP contribution >= 0.6 is 12.4 Å². The van der Waals surface area contributed by atoms with Crippen molar-refractivity contribution in [1.29, 1.82) is 0 Å². The molecular formula is C13H21ClN2O2. The summed E-state index contributed by atoms with van der Waals surface area (Å²) in [6, 6.07) is 5.86. The average Bonchev–Trinajstić information content (AvgIpc) is 2.29. The monoisotopic (exact) mass is 272 g/mol. The van der Waals surface area contributed by atoms with Crippen molar-refractivity contribution in [3.63, 3.8) is 0 Å². The lowest BCUT2D eigenvalue weighted by Gasteiger charge is -2.19. The molecule has 0 unspecified atom stereocenters. The van der Waals surface area contributed by atoms with E-state index in [9.17, 15) is 4.79 Å². The maximum Gasteiger partial charge on any atom is 0.414 e. The van der Waals surface area contributed by atoms with Crippen molar-refractivity contribution in [3.8, 4) is 5.75 Å². The molecule has 0 saturated carbocycles. The first-order chi connectivity index (χ1) is 7.95. The summed E-state index contributed by atoms with van der Waals surface area (Å²) in [6.07, 6.45) is 0.597. The number of rotatable bonds is 3. The zero-order valence-corrected chi connectivity index (χ0v) is 12.4. The van der Waals surface area contributed by atoms with Crippen LogP contribution in [-0.4, -0.2) is 39.2 Å². The summed E-state index contributed by atoms with van der Waals surface area (Å²) in [5.74, 6) is 0.589. The van der Waals surface area contributed by atoms with Crippen molar-refractivity contribution in [1.82, 2.24) is 4.90 Å². The van der Waals surface area contributed by atoms with Gasteiger partial charge in [0.1, 0.15) is 0 Å². The quantitative estimate of drug-likeness (QED) is 0.848. The van der Waals surface area contributed by atoms with E-state index >= 15 is 0 Å². The fourth-order valence-corrected chi connectivity index (χ4v) is 1.40. The number of nitrogens with zero attached hydrogens (tertiary/aromatic N) is 2. The van der Waals surface area contributed by atoms with E-state index in [1.807, 2.05) is 37.2 Å². The molecule has 0 bridgehead atoms. The van der Waals surface area contributed by atoms with Gasteiger partial charge in [-0.25, -0.2) is 4.79 Å². The third kappa shape index (κ3) is 4.11. The number of hydrogen-bond acceptors (Lipinski definition) is 3. The summed E-state index contributed by atoms with van der Waals surface area (Å²) >= 11 is 0. The predicted molar refractivity (Wildman–Crippen MR) is 77.1 cm³/mol. The molecule has 0 spiro atoms. The first kappa shape index (κ1) is 16.6. The molecule has 1 rings (SSSR count). The molecule has 1 aromatic rings. The van der Waals surface area contributed by atoms with E-state index < -0.39 is 0 Å². The summed E-state index contributed by atoms with van der Waals surface area (Å²) in [4.78, 5) is 14.9. The van der Waals surface area contributed by atoms with Gasteiger partial charge in [-0.05, 0) is 24.1 Å². The minimum Gasteiger partial charge on any atom is -0.408 e. The van der Waals surface area contributed by atoms with Crippen molar-refractivity contribution in [2.24, 2.45) is 0 Å². The number of aryl methyl sites for hydroxylation is 1. The molecule has 0 aliphatic rings. The molecule has 0 saturated heterocycles. The Morgan fingerprint density at radius 1 is 1.22 bits per heavy atom. The third-order valence-electron chi connectivity index (χ3n) is 2.48. The Hall–Kier alpha value is -1.42. The van der Waals surface area contributed by atoms with E-state index in [-0.39, 0.29) is 18.5 Å². The topological polar surface area (TPSA) is 32.8 Å². The largest absolute Gasteiger partial charge is 0.414 e. The van der Waals surface area contributed by atoms with Crippen LogP contribution in [0.25, 0.3) is 0 Å². The smallest absolute Gasteiger partial charge is 0.408 e. The molecule has 0 aliphatic heterocycles. The molecule has 0 fully saturated rings. The predicted octanol–water partition coefficient (Wildman–Crippen LogP) is 2.80. The number of carbonyl (C=O) groups is 1. The van der Waals surface area contributed by atoms with Crippen LogP contribution in [-0.2, 0) is 6.42 Å². The number of benzene rings is 1. The van der Waals surface area contributed by atoms with Crippen LogP contribution < -0.4 is 9.64 Å². The van der Waals surface area contributed by atoms with Crippen LogP contribution in [0.4, 0.5) is 10.5 Å². The molecule has 18 heavy (non-hydrogen) atoms. The molecule has 0 atom stereocenters. The molecule has 0 aromatic heterocycles. The van der Waals surface area contributed by atoms with Gasteiger partial charge in [0.2, 0.25) is 0 Å². The van der Waals surface area contributed by atoms with Gasteiger partial charge in [0.05, 0.1) is 5.69 Å². The summed E-state index contributed by atoms with van der Waals surface area (Å²) in [5, 5.41) is 0. The Balaban J connectivity index is 0.00000289. The fourth-order valence-electron chi connectivity index (χ4n) is 1.40. The Morgan fingerprint density at radius 3 is 2.28 bits per heavy atom. The standard InChI is InChI=1S/C13H20N2O2.ClH/c1-6-10-7-8-12(11(9-10)14(2)3)17-13(16)15(4)5;/h7-9H,6H2,1-5H3;1H. The zero-order chi connectivity index (χ0) is 13.0. The van der Waals surface area contributed by atoms with Gasteiger partial charge in [-0.1, -0.05) is 13.0 Å². The van der Waals surface area contributed by atoms with Crippen LogP contribution in [0.2, 0.25) is 0 Å². The summed E-state index contributed by atoms with van der Waals surface area (Å²) < 4.78 is 5.31. The third-order valence-corrected chi connectivity index (χ3v) is 2.48. The maximum absolute atomic E-state index is 11.5. The Bertz CT molecular complexity index is 406. The molecular weight excluding hydrogens is 252 g/mol. The Kier molecular flexibility index (Phi) is 6.55. The van der Waals surface area contributed by atoms with E-state index in [0.29, 0.717) is 5.75 Å². The second-order valence-electron chi connectivity index (χ2n) is 4.31. The number of hydrogen-bond donors (Lipinski definition) is 0. The highest BCUT2D eigenvalue weighted by Crippen LogP contribution is 2.28. The molecule has 0 N–H and O–H groups in total. The number of amides is 1. The minimum atomic E-state index is -0.364. The first-order valence-corrected chi connectivity index (χ1v) is 5.65. The molecule has 0 aliphatic carbocycles. The van der Waals surface area contributed by atoms with Gasteiger partial charge in [-0.15, -0.1) is 12.4 Å². The highest BCUT2D eigenvalue weighted by molar-refractivity contribution is 5.85. The van der Waals surface area contributed by atoms with Gasteiger partial charge in [0.15, 0.2) is 5.75 Å². The van der Waals surface area contributed by atoms with Gasteiger partial charge in [-0.2, -0.15) is 0 Å². The van der Waals surface area contributed by atoms with Gasteiger partial charge in [0.25, 0.3) is 0 Å². The second kappa shape index (κ2) is 7.11. The molecule has 0 radical (unpaired) electrons. The highest BCUT2D eigenvalue weighted by Gasteiger charge is 2.12. The first-order valence-electron chi connectivity index (χ1n) is 5.65. The van der Waals surface area contributed by atoms with Crippen molar-refractivity contribution in [2.45, 2.75) is 13.3 Å². The van der Waals surface area contributed by atoms with Gasteiger partial charge in [0, 0.05) is 28.2 Å². The van der Waals surface area contributed by atoms with Crippen LogP contribution in [0.15, 0.2) is 18.2 Å². The number of anilines is 1. The number of halogens is 1. The van der Waals surface area contributed by atoms with E-state index in [0.717, 1.165) is 12.1 Å². The van der Waals surface area contributed by atoms with E-state index in [1.54, 1.807) is 14.1 Å². The van der Waals surface area contributed by atoms with Crippen molar-refractivity contribution >= 4 is 24.2 Å². The van der Waals surface area contributed by atoms with Gasteiger partial charge >= 0.3 is 6.09 Å². The van der Waals surface area contributed by atoms with E-state index in [1.165, 1.54) is 10.5 Å². The zero-order valence-electron chi connectivity index (χ0n) is 11.6. The van der Waals surface area contributed by atoms with Gasteiger partial charge in [-0.3, -0.25) is 0 Å². The van der Waals surface area contributed by atoms with Gasteiger partial charge < -0.3 is 14.5 Å². The molecule has 5 heteroatoms. The van der Waals surface area contributed by atoms with E-state index in [2.05, 4.69) is 6.92 Å². The molecule has 4 nitrogen and oxygen atoms in total. The molecule has 1 amide bonds. The molecule has 102 valence electrons. The number of ether oxygens (including phenoxy) is 1. The van der Waals surface area contributed by atoms with Crippen molar-refractivity contribution < 1.29 is 9.53 Å². The lowest BCUT2D eigenvalue weighted by Crippen LogP contribution is -2.26. The minimum absolute atomic E-state index is 0. The van der Waals surface area contributed by atoms with Crippen LogP contribution in [0.3, 0.4) is 0 Å². The maximum atomic E-state index is 11.5. The fraction of sp³-hybridized carbons (Fsp3) is 0.462. The molecule has 0 heterocycles. The summed E-state index contributed by atoms with van der Waals surface area (Å²) in [6.45, 7) is 2.10. The SMILES string of the molecule is CCc1ccc(OC(=O)N(C)C)c(N(C)C)c1.Cl. The van der Waals surface area contributed by atoms with Crippen molar-refractivity contribution in [3.05, 3.63) is 23.8 Å². The lowest BCUT2D eigenvalue weighted by atomic mass is 10.1. The average molecular weight is 273 g/mol. The second-order valence-corrected chi connectivity index (χ2v) is 4.31. The normalized spacial score (nSPS) is 9.39. The lowest BCUT2D eigenvalue weighted by molar-refractivity contribution is 0.172. The number of carbonyl (C=O) groups excluding carboxylic acids is 1. The highest BCUT2D eigenvalue weighted by atomic mass is 35.5. The van der Waals surface area contributed by atoms with Crippen molar-refractivity contribution in [2.75, 3.05) is 33.1 Å². The van der Waals surface area contributed by atoms with Crippen LogP contribution in [0.1, 0.15) is 12.5 Å².